The van der Waals surface area contributed by atoms with Gasteiger partial charge in [-0.25, -0.2) is 0 Å². The van der Waals surface area contributed by atoms with E-state index < -0.39 is 34.9 Å². The summed E-state index contributed by atoms with van der Waals surface area (Å²) in [6, 6.07) is 9.97. The summed E-state index contributed by atoms with van der Waals surface area (Å²) in [4.78, 5) is 12.6. The Morgan fingerprint density at radius 2 is 1.88 bits per heavy atom. The molecule has 0 saturated carbocycles. The molecule has 12 heteroatoms. The number of nitrogens with one attached hydrogen (secondary N) is 2. The van der Waals surface area contributed by atoms with Gasteiger partial charge in [-0.05, 0) is 54.5 Å². The molecule has 0 bridgehead atoms. The molecule has 7 nitrogen and oxygen atoms in total. The van der Waals surface area contributed by atoms with Crippen LogP contribution in [0.15, 0.2) is 42.5 Å². The predicted molar refractivity (Wildman–Crippen MR) is 122 cm³/mol. The van der Waals surface area contributed by atoms with Crippen molar-refractivity contribution in [1.29, 1.82) is 0 Å². The fourth-order valence-electron chi connectivity index (χ4n) is 3.55. The smallest absolute Gasteiger partial charge is 0.437 e. The maximum absolute atomic E-state index is 13.9. The lowest BCUT2D eigenvalue weighted by molar-refractivity contribution is -0.292. The Kier molecular flexibility index (Phi) is 7.79. The van der Waals surface area contributed by atoms with Crippen molar-refractivity contribution in [2.45, 2.75) is 31.5 Å². The van der Waals surface area contributed by atoms with Crippen molar-refractivity contribution in [3.05, 3.63) is 58.6 Å². The van der Waals surface area contributed by atoms with Crippen LogP contribution in [0.5, 0.6) is 11.5 Å². The van der Waals surface area contributed by atoms with E-state index in [0.29, 0.717) is 10.8 Å². The minimum absolute atomic E-state index is 0.179. The van der Waals surface area contributed by atoms with Gasteiger partial charge in [-0.3, -0.25) is 4.79 Å². The molecule has 3 N–H and O–H groups in total. The van der Waals surface area contributed by atoms with Crippen molar-refractivity contribution >= 4 is 34.9 Å². The normalized spacial score (nSPS) is 22.4. The monoisotopic (exact) mass is 518 g/mol. The van der Waals surface area contributed by atoms with Gasteiger partial charge in [0.2, 0.25) is 0 Å². The van der Waals surface area contributed by atoms with Crippen LogP contribution in [0.1, 0.15) is 24.1 Å². The molecule has 1 aliphatic heterocycles. The number of halogens is 4. The number of aliphatic hydroxyl groups is 1. The fraction of sp³-hybridized carbons (Fsp3) is 0.364. The average molecular weight is 519 g/mol. The highest BCUT2D eigenvalue weighted by atomic mass is 35.5. The summed E-state index contributed by atoms with van der Waals surface area (Å²) in [5.41, 5.74) is -2.62. The Morgan fingerprint density at radius 1 is 1.21 bits per heavy atom. The van der Waals surface area contributed by atoms with E-state index in [1.54, 1.807) is 29.6 Å². The van der Waals surface area contributed by atoms with Crippen LogP contribution in [0.3, 0.4) is 0 Å². The predicted octanol–water partition coefficient (Wildman–Crippen LogP) is 3.88. The van der Waals surface area contributed by atoms with E-state index >= 15 is 0 Å². The maximum Gasteiger partial charge on any atom is 0.437 e. The molecule has 2 aromatic carbocycles. The largest absolute Gasteiger partial charge is 0.493 e. The lowest BCUT2D eigenvalue weighted by Crippen LogP contribution is -2.73. The molecule has 34 heavy (non-hydrogen) atoms. The third kappa shape index (κ3) is 5.31. The first-order chi connectivity index (χ1) is 16.0. The Hall–Kier alpha value is -2.76. The van der Waals surface area contributed by atoms with Crippen molar-refractivity contribution < 1.29 is 37.3 Å². The summed E-state index contributed by atoms with van der Waals surface area (Å²) in [5.74, 6) is -2.84. The number of rotatable bonds is 7. The second kappa shape index (κ2) is 10.2. The molecule has 1 fully saturated rings. The van der Waals surface area contributed by atoms with E-state index in [4.69, 9.17) is 38.0 Å². The summed E-state index contributed by atoms with van der Waals surface area (Å²) in [6.45, 7) is 1.45. The van der Waals surface area contributed by atoms with E-state index in [1.807, 2.05) is 0 Å². The van der Waals surface area contributed by atoms with E-state index in [1.165, 1.54) is 32.2 Å². The van der Waals surface area contributed by atoms with Crippen molar-refractivity contribution in [1.82, 2.24) is 10.6 Å². The van der Waals surface area contributed by atoms with Gasteiger partial charge in [-0.1, -0.05) is 29.8 Å². The van der Waals surface area contributed by atoms with E-state index in [2.05, 4.69) is 5.32 Å². The Bertz CT molecular complexity index is 1050. The summed E-state index contributed by atoms with van der Waals surface area (Å²) >= 11 is 10.8. The zero-order chi connectivity index (χ0) is 25.1. The third-order valence-corrected chi connectivity index (χ3v) is 5.67. The van der Waals surface area contributed by atoms with Gasteiger partial charge in [0.05, 0.1) is 19.8 Å². The van der Waals surface area contributed by atoms with Gasteiger partial charge in [-0.15, -0.1) is 0 Å². The maximum atomic E-state index is 13.9. The molecule has 0 aromatic heterocycles. The number of alkyl halides is 3. The Morgan fingerprint density at radius 3 is 2.47 bits per heavy atom. The van der Waals surface area contributed by atoms with Crippen LogP contribution in [-0.2, 0) is 16.1 Å². The van der Waals surface area contributed by atoms with Gasteiger partial charge < -0.3 is 30.0 Å². The number of hydrogen-bond acceptors (Lipinski definition) is 6. The summed E-state index contributed by atoms with van der Waals surface area (Å²) in [7, 11) is 1.36. The van der Waals surface area contributed by atoms with E-state index in [0.717, 1.165) is 5.56 Å². The van der Waals surface area contributed by atoms with Gasteiger partial charge in [0, 0.05) is 5.02 Å². The van der Waals surface area contributed by atoms with Crippen LogP contribution < -0.4 is 20.1 Å². The highest BCUT2D eigenvalue weighted by Crippen LogP contribution is 2.44. The molecule has 184 valence electrons. The average Bonchev–Trinajstić information content (AvgIpc) is 2.77. The number of hydrogen-bond donors (Lipinski definition) is 3. The highest BCUT2D eigenvalue weighted by Gasteiger charge is 2.66. The molecule has 0 unspecified atom stereocenters. The first-order valence-corrected chi connectivity index (χ1v) is 10.9. The molecule has 0 amide bonds. The number of ether oxygens (including phenoxy) is 3. The van der Waals surface area contributed by atoms with Crippen molar-refractivity contribution in [2.75, 3.05) is 13.7 Å². The quantitative estimate of drug-likeness (QED) is 0.376. The fourth-order valence-corrected chi connectivity index (χ4v) is 3.96. The van der Waals surface area contributed by atoms with Crippen LogP contribution in [0.4, 0.5) is 13.2 Å². The minimum atomic E-state index is -5.24. The molecule has 1 aliphatic rings. The molecule has 3 atom stereocenters. The first kappa shape index (κ1) is 25.9. The van der Waals surface area contributed by atoms with Crippen LogP contribution in [0.2, 0.25) is 5.02 Å². The number of carbonyl (C=O) groups is 1. The Labute approximate surface area is 204 Å². The second-order valence-electron chi connectivity index (χ2n) is 7.40. The first-order valence-electron chi connectivity index (χ1n) is 10.1. The number of methoxy groups -OCH3 is 1. The molecule has 2 aromatic rings. The molecule has 0 radical (unpaired) electrons. The molecular weight excluding hydrogens is 497 g/mol. The number of carbonyl (C=O) groups excluding carboxylic acids is 1. The van der Waals surface area contributed by atoms with Gasteiger partial charge in [-0.2, -0.15) is 13.2 Å². The summed E-state index contributed by atoms with van der Waals surface area (Å²) in [5, 5.41) is 15.1. The van der Waals surface area contributed by atoms with E-state index in [-0.39, 0.29) is 24.5 Å². The van der Waals surface area contributed by atoms with Crippen LogP contribution in [0.25, 0.3) is 0 Å². The molecule has 1 heterocycles. The lowest BCUT2D eigenvalue weighted by Gasteiger charge is -2.45. The topological polar surface area (TPSA) is 89.1 Å². The molecule has 1 saturated heterocycles. The number of benzene rings is 2. The standard InChI is InChI=1S/C22H22ClF3N2O5S/c1-3-32-19(29)17-18(27-20(34)28-21(17,30)22(24,25)26)13-6-9-15(16(10-13)31-2)33-11-12-4-7-14(23)8-5-12/h4-10,17-18,30H,3,11H2,1-2H3,(H2,27,28,34)/t17-,18+,21-/m0/s1. The van der Waals surface area contributed by atoms with Crippen molar-refractivity contribution in [3.63, 3.8) is 0 Å². The third-order valence-electron chi connectivity index (χ3n) is 5.20. The minimum Gasteiger partial charge on any atom is -0.493 e. The van der Waals surface area contributed by atoms with Crippen molar-refractivity contribution in [2.24, 2.45) is 5.92 Å². The zero-order valence-electron chi connectivity index (χ0n) is 18.1. The zero-order valence-corrected chi connectivity index (χ0v) is 19.7. The van der Waals surface area contributed by atoms with Gasteiger partial charge in [0.25, 0.3) is 5.72 Å². The van der Waals surface area contributed by atoms with Crippen LogP contribution >= 0.6 is 23.8 Å². The molecule has 3 rings (SSSR count). The summed E-state index contributed by atoms with van der Waals surface area (Å²) < 4.78 is 57.6. The van der Waals surface area contributed by atoms with E-state index in [9.17, 15) is 23.1 Å². The molecular formula is C22H22ClF3N2O5S. The Balaban J connectivity index is 1.95. The lowest BCUT2D eigenvalue weighted by atomic mass is 9.82. The van der Waals surface area contributed by atoms with Crippen LogP contribution in [-0.4, -0.2) is 41.8 Å². The second-order valence-corrected chi connectivity index (χ2v) is 8.24. The highest BCUT2D eigenvalue weighted by molar-refractivity contribution is 7.80. The molecule has 0 aliphatic carbocycles. The van der Waals surface area contributed by atoms with Gasteiger partial charge >= 0.3 is 12.1 Å². The van der Waals surface area contributed by atoms with Crippen molar-refractivity contribution in [3.8, 4) is 11.5 Å². The summed E-state index contributed by atoms with van der Waals surface area (Å²) in [6.07, 6.45) is -5.24. The molecule has 0 spiro atoms. The number of esters is 1. The van der Waals surface area contributed by atoms with Crippen LogP contribution in [0, 0.1) is 5.92 Å². The number of thiocarbonyl (C=S) groups is 1. The van der Waals surface area contributed by atoms with Gasteiger partial charge in [0.15, 0.2) is 16.6 Å². The van der Waals surface area contributed by atoms with Gasteiger partial charge in [0.1, 0.15) is 12.5 Å². The SMILES string of the molecule is CCOC(=O)[C@@H]1[C@@H](c2ccc(OCc3ccc(Cl)cc3)c(OC)c2)NC(=S)N[C@@]1(O)C(F)(F)F.